The van der Waals surface area contributed by atoms with Crippen molar-refractivity contribution in [1.29, 1.82) is 0 Å². The normalized spacial score (nSPS) is 15.8. The maximum absolute atomic E-state index is 11.8. The number of carboxylic acids is 1. The smallest absolute Gasteiger partial charge is 0.352 e. The zero-order valence-electron chi connectivity index (χ0n) is 9.54. The van der Waals surface area contributed by atoms with Gasteiger partial charge in [0.1, 0.15) is 10.6 Å². The summed E-state index contributed by atoms with van der Waals surface area (Å²) in [5.41, 5.74) is -0.0260. The molecule has 1 fully saturated rings. The van der Waals surface area contributed by atoms with E-state index in [0.29, 0.717) is 0 Å². The molecule has 0 atom stereocenters. The molecule has 0 aromatic carbocycles. The van der Waals surface area contributed by atoms with Crippen LogP contribution >= 0.6 is 0 Å². The van der Waals surface area contributed by atoms with Crippen molar-refractivity contribution in [1.82, 2.24) is 9.29 Å². The first-order chi connectivity index (χ1) is 8.45. The molecular formula is C10H14N2O5S. The number of hydrogen-bond donors (Lipinski definition) is 3. The fourth-order valence-electron chi connectivity index (χ4n) is 1.69. The number of nitrogens with zero attached hydrogens (tertiary/aromatic N) is 1. The van der Waals surface area contributed by atoms with Gasteiger partial charge in [-0.25, -0.2) is 17.9 Å². The maximum Gasteiger partial charge on any atom is 0.352 e. The van der Waals surface area contributed by atoms with Crippen molar-refractivity contribution in [2.45, 2.75) is 23.8 Å². The minimum absolute atomic E-state index is 0.0260. The van der Waals surface area contributed by atoms with Gasteiger partial charge in [0.15, 0.2) is 0 Å². The molecule has 1 aromatic rings. The number of carbonyl (C=O) groups is 1. The van der Waals surface area contributed by atoms with Crippen molar-refractivity contribution >= 4 is 16.0 Å². The highest BCUT2D eigenvalue weighted by atomic mass is 32.2. The quantitative estimate of drug-likeness (QED) is 0.665. The van der Waals surface area contributed by atoms with Crippen LogP contribution in [0, 0.1) is 0 Å². The van der Waals surface area contributed by atoms with Crippen LogP contribution < -0.4 is 4.72 Å². The standard InChI is InChI=1S/C10H14N2O5S/c13-4-3-11-18(16,17)8-5-9(10(14)15)12(6-8)7-1-2-7/h5-7,11,13H,1-4H2,(H,14,15). The summed E-state index contributed by atoms with van der Waals surface area (Å²) in [6.07, 6.45) is 3.05. The Bertz CT molecular complexity index is 559. The Kier molecular flexibility index (Phi) is 3.42. The van der Waals surface area contributed by atoms with E-state index in [1.54, 1.807) is 0 Å². The van der Waals surface area contributed by atoms with Crippen molar-refractivity contribution in [3.05, 3.63) is 18.0 Å². The number of carboxylic acid groups (broad SMARTS) is 1. The minimum atomic E-state index is -3.76. The van der Waals surface area contributed by atoms with Gasteiger partial charge in [-0.15, -0.1) is 0 Å². The van der Waals surface area contributed by atoms with Crippen molar-refractivity contribution in [2.24, 2.45) is 0 Å². The summed E-state index contributed by atoms with van der Waals surface area (Å²) in [5, 5.41) is 17.6. The van der Waals surface area contributed by atoms with Crippen molar-refractivity contribution in [3.8, 4) is 0 Å². The Morgan fingerprint density at radius 3 is 2.67 bits per heavy atom. The molecule has 100 valence electrons. The van der Waals surface area contributed by atoms with E-state index in [9.17, 15) is 13.2 Å². The molecule has 1 heterocycles. The number of rotatable bonds is 6. The van der Waals surface area contributed by atoms with E-state index in [-0.39, 0.29) is 29.8 Å². The van der Waals surface area contributed by atoms with Gasteiger partial charge in [-0.1, -0.05) is 0 Å². The van der Waals surface area contributed by atoms with Gasteiger partial charge in [0.05, 0.1) is 6.61 Å². The molecule has 0 bridgehead atoms. The second-order valence-electron chi connectivity index (χ2n) is 4.13. The van der Waals surface area contributed by atoms with Crippen LogP contribution in [0.5, 0.6) is 0 Å². The number of aliphatic hydroxyl groups is 1. The third-order valence-electron chi connectivity index (χ3n) is 2.70. The van der Waals surface area contributed by atoms with Crippen LogP contribution in [-0.4, -0.2) is 42.3 Å². The Hall–Kier alpha value is -1.38. The molecule has 0 radical (unpaired) electrons. The van der Waals surface area contributed by atoms with Crippen LogP contribution in [0.1, 0.15) is 29.4 Å². The number of hydrogen-bond acceptors (Lipinski definition) is 4. The minimum Gasteiger partial charge on any atom is -0.477 e. The van der Waals surface area contributed by atoms with E-state index < -0.39 is 16.0 Å². The lowest BCUT2D eigenvalue weighted by Gasteiger charge is -2.03. The fourth-order valence-corrected chi connectivity index (χ4v) is 2.74. The highest BCUT2D eigenvalue weighted by Crippen LogP contribution is 2.37. The zero-order chi connectivity index (χ0) is 13.3. The lowest BCUT2D eigenvalue weighted by atomic mass is 10.4. The molecule has 1 aliphatic rings. The molecule has 0 saturated heterocycles. The first-order valence-electron chi connectivity index (χ1n) is 5.51. The molecule has 18 heavy (non-hydrogen) atoms. The topological polar surface area (TPSA) is 109 Å². The summed E-state index contributed by atoms with van der Waals surface area (Å²) in [6.45, 7) is -0.409. The van der Waals surface area contributed by atoms with Gasteiger partial charge in [-0.05, 0) is 18.9 Å². The zero-order valence-corrected chi connectivity index (χ0v) is 10.4. The van der Waals surface area contributed by atoms with Crippen LogP contribution in [0.2, 0.25) is 0 Å². The average Bonchev–Trinajstić information content (AvgIpc) is 3.04. The van der Waals surface area contributed by atoms with Crippen LogP contribution in [0.4, 0.5) is 0 Å². The SMILES string of the molecule is O=C(O)c1cc(S(=O)(=O)NCCO)cn1C1CC1. The summed E-state index contributed by atoms with van der Waals surface area (Å²) in [6, 6.07) is 1.22. The predicted octanol–water partition coefficient (Wildman–Crippen LogP) is -0.208. The molecule has 1 aromatic heterocycles. The van der Waals surface area contributed by atoms with Gasteiger partial charge >= 0.3 is 5.97 Å². The second kappa shape index (κ2) is 4.71. The lowest BCUT2D eigenvalue weighted by molar-refractivity contribution is 0.0685. The molecule has 1 saturated carbocycles. The highest BCUT2D eigenvalue weighted by molar-refractivity contribution is 7.89. The van der Waals surface area contributed by atoms with Gasteiger partial charge in [0.25, 0.3) is 0 Å². The van der Waals surface area contributed by atoms with Crippen molar-refractivity contribution in [2.75, 3.05) is 13.2 Å². The Balaban J connectivity index is 2.34. The Labute approximate surface area is 104 Å². The third kappa shape index (κ3) is 2.55. The van der Waals surface area contributed by atoms with E-state index in [1.165, 1.54) is 10.8 Å². The van der Waals surface area contributed by atoms with Crippen molar-refractivity contribution in [3.63, 3.8) is 0 Å². The lowest BCUT2D eigenvalue weighted by Crippen LogP contribution is -2.26. The largest absolute Gasteiger partial charge is 0.477 e. The second-order valence-corrected chi connectivity index (χ2v) is 5.89. The van der Waals surface area contributed by atoms with Crippen LogP contribution in [0.3, 0.4) is 0 Å². The molecule has 2 rings (SSSR count). The molecular weight excluding hydrogens is 260 g/mol. The number of aromatic nitrogens is 1. The number of aliphatic hydroxyl groups excluding tert-OH is 1. The van der Waals surface area contributed by atoms with E-state index in [1.807, 2.05) is 0 Å². The molecule has 0 amide bonds. The van der Waals surface area contributed by atoms with E-state index >= 15 is 0 Å². The molecule has 0 unspecified atom stereocenters. The molecule has 8 heteroatoms. The first kappa shape index (κ1) is 13.1. The van der Waals surface area contributed by atoms with Gasteiger partial charge < -0.3 is 14.8 Å². The van der Waals surface area contributed by atoms with Gasteiger partial charge in [0, 0.05) is 18.8 Å². The van der Waals surface area contributed by atoms with E-state index in [4.69, 9.17) is 10.2 Å². The van der Waals surface area contributed by atoms with Gasteiger partial charge in [-0.2, -0.15) is 0 Å². The monoisotopic (exact) mass is 274 g/mol. The summed E-state index contributed by atoms with van der Waals surface area (Å²) >= 11 is 0. The summed E-state index contributed by atoms with van der Waals surface area (Å²) in [7, 11) is -3.76. The van der Waals surface area contributed by atoms with Crippen LogP contribution in [0.15, 0.2) is 17.2 Å². The molecule has 3 N–H and O–H groups in total. The van der Waals surface area contributed by atoms with Gasteiger partial charge in [-0.3, -0.25) is 0 Å². The Morgan fingerprint density at radius 1 is 1.50 bits per heavy atom. The molecule has 1 aliphatic carbocycles. The fraction of sp³-hybridized carbons (Fsp3) is 0.500. The Morgan fingerprint density at radius 2 is 2.17 bits per heavy atom. The highest BCUT2D eigenvalue weighted by Gasteiger charge is 2.30. The average molecular weight is 274 g/mol. The maximum atomic E-state index is 11.8. The number of aromatic carboxylic acids is 1. The molecule has 7 nitrogen and oxygen atoms in total. The van der Waals surface area contributed by atoms with Crippen molar-refractivity contribution < 1.29 is 23.4 Å². The number of sulfonamides is 1. The third-order valence-corrected chi connectivity index (χ3v) is 4.13. The van der Waals surface area contributed by atoms with E-state index in [2.05, 4.69) is 4.72 Å². The molecule has 0 spiro atoms. The number of nitrogens with one attached hydrogen (secondary N) is 1. The molecule has 0 aliphatic heterocycles. The van der Waals surface area contributed by atoms with E-state index in [0.717, 1.165) is 18.9 Å². The first-order valence-corrected chi connectivity index (χ1v) is 6.99. The van der Waals surface area contributed by atoms with Crippen LogP contribution in [-0.2, 0) is 10.0 Å². The van der Waals surface area contributed by atoms with Crippen LogP contribution in [0.25, 0.3) is 0 Å². The van der Waals surface area contributed by atoms with Gasteiger partial charge in [0.2, 0.25) is 10.0 Å². The summed E-state index contributed by atoms with van der Waals surface area (Å²) < 4.78 is 27.2. The predicted molar refractivity (Wildman–Crippen MR) is 61.9 cm³/mol. The summed E-state index contributed by atoms with van der Waals surface area (Å²) in [4.78, 5) is 10.9. The summed E-state index contributed by atoms with van der Waals surface area (Å²) in [5.74, 6) is -1.15.